The second-order valence-corrected chi connectivity index (χ2v) is 6.08. The molecule has 4 rings (SSSR count). The van der Waals surface area contributed by atoms with Gasteiger partial charge in [0.1, 0.15) is 5.66 Å². The highest BCUT2D eigenvalue weighted by Crippen LogP contribution is 2.32. The first-order chi connectivity index (χ1) is 12.0. The van der Waals surface area contributed by atoms with Gasteiger partial charge in [0.2, 0.25) is 0 Å². The van der Waals surface area contributed by atoms with Gasteiger partial charge in [-0.15, -0.1) is 0 Å². The van der Waals surface area contributed by atoms with E-state index in [1.54, 1.807) is 37.3 Å². The summed E-state index contributed by atoms with van der Waals surface area (Å²) in [7, 11) is 1.52. The quantitative estimate of drug-likeness (QED) is 0.704. The molecule has 0 spiro atoms. The first-order valence-corrected chi connectivity index (χ1v) is 7.83. The number of carbonyl (C=O) groups excluding carboxylic acids is 1. The SMILES string of the molecule is COc1cccc2cc(C3(C)NC(=O)c4ccccc4N3)c(=O)oc12. The third-order valence-corrected chi connectivity index (χ3v) is 4.40. The largest absolute Gasteiger partial charge is 0.493 e. The minimum absolute atomic E-state index is 0.248. The zero-order valence-corrected chi connectivity index (χ0v) is 13.8. The summed E-state index contributed by atoms with van der Waals surface area (Å²) in [5.41, 5.74) is 0.280. The molecule has 6 heteroatoms. The molecule has 0 aliphatic carbocycles. The Morgan fingerprint density at radius 3 is 2.64 bits per heavy atom. The molecule has 1 amide bonds. The monoisotopic (exact) mass is 336 g/mol. The lowest BCUT2D eigenvalue weighted by Crippen LogP contribution is -2.54. The van der Waals surface area contributed by atoms with Crippen molar-refractivity contribution in [1.82, 2.24) is 5.32 Å². The molecule has 1 aliphatic rings. The van der Waals surface area contributed by atoms with E-state index >= 15 is 0 Å². The number of fused-ring (bicyclic) bond motifs is 2. The number of methoxy groups -OCH3 is 1. The average Bonchev–Trinajstić information content (AvgIpc) is 2.60. The summed E-state index contributed by atoms with van der Waals surface area (Å²) in [6.07, 6.45) is 0. The molecule has 25 heavy (non-hydrogen) atoms. The van der Waals surface area contributed by atoms with Crippen molar-refractivity contribution in [2.24, 2.45) is 0 Å². The maximum Gasteiger partial charge on any atom is 0.343 e. The molecule has 0 bridgehead atoms. The molecule has 2 aromatic carbocycles. The van der Waals surface area contributed by atoms with Crippen LogP contribution in [0.2, 0.25) is 0 Å². The lowest BCUT2D eigenvalue weighted by atomic mass is 9.96. The van der Waals surface area contributed by atoms with Gasteiger partial charge in [-0.2, -0.15) is 0 Å². The number of hydrogen-bond donors (Lipinski definition) is 2. The van der Waals surface area contributed by atoms with Crippen LogP contribution in [0.3, 0.4) is 0 Å². The van der Waals surface area contributed by atoms with E-state index < -0.39 is 11.3 Å². The lowest BCUT2D eigenvalue weighted by Gasteiger charge is -2.37. The molecule has 1 aromatic heterocycles. The van der Waals surface area contributed by atoms with Crippen molar-refractivity contribution >= 4 is 22.6 Å². The smallest absolute Gasteiger partial charge is 0.343 e. The summed E-state index contributed by atoms with van der Waals surface area (Å²) in [4.78, 5) is 25.1. The molecule has 0 fully saturated rings. The fourth-order valence-electron chi connectivity index (χ4n) is 3.15. The standard InChI is InChI=1S/C19H16N2O4/c1-19(20-14-8-4-3-7-12(14)17(22)21-19)13-10-11-6-5-9-15(24-2)16(11)25-18(13)23/h3-10,20H,1-2H3,(H,21,22). The number of ether oxygens (including phenoxy) is 1. The van der Waals surface area contributed by atoms with Gasteiger partial charge in [0, 0.05) is 11.1 Å². The van der Waals surface area contributed by atoms with E-state index in [-0.39, 0.29) is 5.91 Å². The zero-order chi connectivity index (χ0) is 17.6. The van der Waals surface area contributed by atoms with Gasteiger partial charge in [-0.25, -0.2) is 4.79 Å². The summed E-state index contributed by atoms with van der Waals surface area (Å²) >= 11 is 0. The minimum atomic E-state index is -1.08. The predicted molar refractivity (Wildman–Crippen MR) is 93.9 cm³/mol. The van der Waals surface area contributed by atoms with Crippen LogP contribution in [0.5, 0.6) is 5.75 Å². The number of benzene rings is 2. The Morgan fingerprint density at radius 2 is 1.84 bits per heavy atom. The first-order valence-electron chi connectivity index (χ1n) is 7.83. The van der Waals surface area contributed by atoms with Crippen molar-refractivity contribution in [3.63, 3.8) is 0 Å². The summed E-state index contributed by atoms with van der Waals surface area (Å²) in [5, 5.41) is 6.80. The second-order valence-electron chi connectivity index (χ2n) is 6.08. The van der Waals surface area contributed by atoms with E-state index in [1.165, 1.54) is 7.11 Å². The Morgan fingerprint density at radius 1 is 1.04 bits per heavy atom. The predicted octanol–water partition coefficient (Wildman–Crippen LogP) is 2.83. The van der Waals surface area contributed by atoms with E-state index in [1.807, 2.05) is 18.2 Å². The summed E-state index contributed by atoms with van der Waals surface area (Å²) in [5.74, 6) is 0.235. The Hall–Kier alpha value is -3.28. The fourth-order valence-corrected chi connectivity index (χ4v) is 3.15. The van der Waals surface area contributed by atoms with Gasteiger partial charge in [-0.3, -0.25) is 4.79 Å². The summed E-state index contributed by atoms with van der Waals surface area (Å²) in [6.45, 7) is 1.74. The van der Waals surface area contributed by atoms with Crippen LogP contribution >= 0.6 is 0 Å². The summed E-state index contributed by atoms with van der Waals surface area (Å²) < 4.78 is 10.7. The van der Waals surface area contributed by atoms with Crippen molar-refractivity contribution in [2.45, 2.75) is 12.6 Å². The van der Waals surface area contributed by atoms with Gasteiger partial charge in [-0.1, -0.05) is 24.3 Å². The number of anilines is 1. The van der Waals surface area contributed by atoms with Crippen LogP contribution in [-0.2, 0) is 5.66 Å². The van der Waals surface area contributed by atoms with E-state index in [2.05, 4.69) is 10.6 Å². The number of carbonyl (C=O) groups is 1. The highest BCUT2D eigenvalue weighted by molar-refractivity contribution is 6.02. The Labute approximate surface area is 143 Å². The Kier molecular flexibility index (Phi) is 3.28. The molecule has 0 radical (unpaired) electrons. The van der Waals surface area contributed by atoms with Gasteiger partial charge < -0.3 is 19.8 Å². The van der Waals surface area contributed by atoms with Gasteiger partial charge in [0.15, 0.2) is 11.3 Å². The van der Waals surface area contributed by atoms with E-state index in [4.69, 9.17) is 9.15 Å². The molecule has 2 heterocycles. The number of amides is 1. The molecule has 1 aliphatic heterocycles. The summed E-state index contributed by atoms with van der Waals surface area (Å²) in [6, 6.07) is 14.2. The zero-order valence-electron chi connectivity index (χ0n) is 13.8. The molecular formula is C19H16N2O4. The normalized spacial score (nSPS) is 19.0. The first kappa shape index (κ1) is 15.3. The van der Waals surface area contributed by atoms with Crippen molar-refractivity contribution in [2.75, 3.05) is 12.4 Å². The van der Waals surface area contributed by atoms with Crippen LogP contribution in [0.1, 0.15) is 22.8 Å². The van der Waals surface area contributed by atoms with Gasteiger partial charge in [0.25, 0.3) is 5.91 Å². The van der Waals surface area contributed by atoms with Crippen LogP contribution < -0.4 is 21.0 Å². The molecule has 0 saturated carbocycles. The minimum Gasteiger partial charge on any atom is -0.493 e. The second kappa shape index (κ2) is 5.37. The van der Waals surface area contributed by atoms with Crippen molar-refractivity contribution in [1.29, 1.82) is 0 Å². The molecule has 1 atom stereocenters. The average molecular weight is 336 g/mol. The third-order valence-electron chi connectivity index (χ3n) is 4.40. The van der Waals surface area contributed by atoms with Crippen LogP contribution in [0.4, 0.5) is 5.69 Å². The third kappa shape index (κ3) is 2.34. The van der Waals surface area contributed by atoms with Gasteiger partial charge in [-0.05, 0) is 31.2 Å². The van der Waals surface area contributed by atoms with Crippen molar-refractivity contribution in [3.05, 3.63) is 70.1 Å². The highest BCUT2D eigenvalue weighted by Gasteiger charge is 2.37. The number of nitrogens with one attached hydrogen (secondary N) is 2. The van der Waals surface area contributed by atoms with Gasteiger partial charge >= 0.3 is 5.63 Å². The van der Waals surface area contributed by atoms with Crippen LogP contribution in [0, 0.1) is 0 Å². The fraction of sp³-hybridized carbons (Fsp3) is 0.158. The maximum absolute atomic E-state index is 12.6. The lowest BCUT2D eigenvalue weighted by molar-refractivity contribution is 0.0905. The molecule has 2 N–H and O–H groups in total. The Balaban J connectivity index is 1.89. The molecule has 0 saturated heterocycles. The van der Waals surface area contributed by atoms with Crippen LogP contribution in [-0.4, -0.2) is 13.0 Å². The number of rotatable bonds is 2. The highest BCUT2D eigenvalue weighted by atomic mass is 16.5. The maximum atomic E-state index is 12.6. The molecule has 3 aromatic rings. The molecule has 6 nitrogen and oxygen atoms in total. The van der Waals surface area contributed by atoms with Crippen LogP contribution in [0.15, 0.2) is 57.7 Å². The van der Waals surface area contributed by atoms with E-state index in [9.17, 15) is 9.59 Å². The molecule has 126 valence electrons. The van der Waals surface area contributed by atoms with Crippen LogP contribution in [0.25, 0.3) is 11.0 Å². The van der Waals surface area contributed by atoms with Crippen molar-refractivity contribution < 1.29 is 13.9 Å². The molecule has 1 unspecified atom stereocenters. The number of hydrogen-bond acceptors (Lipinski definition) is 5. The molecular weight excluding hydrogens is 320 g/mol. The van der Waals surface area contributed by atoms with Crippen molar-refractivity contribution in [3.8, 4) is 5.75 Å². The Bertz CT molecular complexity index is 1060. The van der Waals surface area contributed by atoms with E-state index in [0.717, 1.165) is 0 Å². The van der Waals surface area contributed by atoms with Gasteiger partial charge in [0.05, 0.1) is 18.2 Å². The van der Waals surface area contributed by atoms with E-state index in [0.29, 0.717) is 33.5 Å². The topological polar surface area (TPSA) is 80.6 Å². The number of para-hydroxylation sites is 2.